The van der Waals surface area contributed by atoms with Crippen molar-refractivity contribution in [2.24, 2.45) is 0 Å². The third-order valence-electron chi connectivity index (χ3n) is 2.33. The van der Waals surface area contributed by atoms with Gasteiger partial charge in [0.2, 0.25) is 0 Å². The average molecular weight is 177 g/mol. The molecule has 2 nitrogen and oxygen atoms in total. The van der Waals surface area contributed by atoms with Crippen molar-refractivity contribution < 1.29 is 4.79 Å². The first-order chi connectivity index (χ1) is 6.13. The smallest absolute Gasteiger partial charge is 0.151 e. The summed E-state index contributed by atoms with van der Waals surface area (Å²) in [4.78, 5) is 13.1. The lowest BCUT2D eigenvalue weighted by Crippen LogP contribution is -2.34. The molecule has 0 fully saturated rings. The summed E-state index contributed by atoms with van der Waals surface area (Å²) >= 11 is 0. The summed E-state index contributed by atoms with van der Waals surface area (Å²) in [6.45, 7) is 3.53. The standard InChI is InChI=1S/C11H15NO/c1-9(10(2)13)12(3)11-7-5-4-6-8-11/h4-9H,1-3H3. The molecule has 13 heavy (non-hydrogen) atoms. The molecule has 0 saturated heterocycles. The van der Waals surface area contributed by atoms with Gasteiger partial charge in [-0.25, -0.2) is 0 Å². The first kappa shape index (κ1) is 9.78. The Morgan fingerprint density at radius 1 is 1.31 bits per heavy atom. The topological polar surface area (TPSA) is 20.3 Å². The molecule has 70 valence electrons. The molecule has 0 aliphatic carbocycles. The Kier molecular flexibility index (Phi) is 3.07. The fourth-order valence-corrected chi connectivity index (χ4v) is 1.16. The summed E-state index contributed by atoms with van der Waals surface area (Å²) in [6.07, 6.45) is 0. The molecule has 0 radical (unpaired) electrons. The first-order valence-electron chi connectivity index (χ1n) is 4.41. The molecule has 0 N–H and O–H groups in total. The van der Waals surface area contributed by atoms with Crippen molar-refractivity contribution in [3.8, 4) is 0 Å². The number of nitrogens with zero attached hydrogens (tertiary/aromatic N) is 1. The van der Waals surface area contributed by atoms with Gasteiger partial charge >= 0.3 is 0 Å². The summed E-state index contributed by atoms with van der Waals surface area (Å²) in [5.74, 6) is 0.186. The van der Waals surface area contributed by atoms with Crippen LogP contribution < -0.4 is 4.90 Å². The van der Waals surface area contributed by atoms with E-state index in [0.29, 0.717) is 0 Å². The number of carbonyl (C=O) groups excluding carboxylic acids is 1. The fourth-order valence-electron chi connectivity index (χ4n) is 1.16. The van der Waals surface area contributed by atoms with E-state index in [2.05, 4.69) is 0 Å². The summed E-state index contributed by atoms with van der Waals surface area (Å²) < 4.78 is 0. The Bertz CT molecular complexity index is 281. The number of ketones is 1. The molecule has 0 amide bonds. The number of likely N-dealkylation sites (N-methyl/N-ethyl adjacent to an activating group) is 1. The normalized spacial score (nSPS) is 12.2. The van der Waals surface area contributed by atoms with Crippen LogP contribution >= 0.6 is 0 Å². The minimum absolute atomic E-state index is 0.0533. The highest BCUT2D eigenvalue weighted by atomic mass is 16.1. The lowest BCUT2D eigenvalue weighted by atomic mass is 10.2. The van der Waals surface area contributed by atoms with Crippen LogP contribution in [-0.4, -0.2) is 18.9 Å². The van der Waals surface area contributed by atoms with E-state index in [4.69, 9.17) is 0 Å². The minimum atomic E-state index is -0.0533. The molecule has 2 heteroatoms. The molecule has 1 rings (SSSR count). The van der Waals surface area contributed by atoms with E-state index in [9.17, 15) is 4.79 Å². The van der Waals surface area contributed by atoms with Crippen LogP contribution in [0.1, 0.15) is 13.8 Å². The second-order valence-corrected chi connectivity index (χ2v) is 3.23. The van der Waals surface area contributed by atoms with Crippen LogP contribution in [0.15, 0.2) is 30.3 Å². The van der Waals surface area contributed by atoms with Crippen molar-refractivity contribution in [3.05, 3.63) is 30.3 Å². The lowest BCUT2D eigenvalue weighted by molar-refractivity contribution is -0.117. The Labute approximate surface area is 79.2 Å². The summed E-state index contributed by atoms with van der Waals surface area (Å²) in [7, 11) is 1.93. The number of rotatable bonds is 3. The Morgan fingerprint density at radius 2 is 1.85 bits per heavy atom. The van der Waals surface area contributed by atoms with Gasteiger partial charge in [-0.1, -0.05) is 18.2 Å². The predicted molar refractivity (Wildman–Crippen MR) is 55.0 cm³/mol. The van der Waals surface area contributed by atoms with E-state index in [1.165, 1.54) is 0 Å². The lowest BCUT2D eigenvalue weighted by Gasteiger charge is -2.24. The van der Waals surface area contributed by atoms with Crippen molar-refractivity contribution in [2.75, 3.05) is 11.9 Å². The van der Waals surface area contributed by atoms with Gasteiger partial charge in [0.05, 0.1) is 6.04 Å². The number of hydrogen-bond donors (Lipinski definition) is 0. The first-order valence-corrected chi connectivity index (χ1v) is 4.41. The van der Waals surface area contributed by atoms with Crippen LogP contribution in [0, 0.1) is 0 Å². The molecule has 0 aliphatic rings. The van der Waals surface area contributed by atoms with Gasteiger partial charge in [0.15, 0.2) is 5.78 Å². The van der Waals surface area contributed by atoms with E-state index in [1.54, 1.807) is 6.92 Å². The maximum absolute atomic E-state index is 11.1. The SMILES string of the molecule is CC(=O)C(C)N(C)c1ccccc1. The molecular formula is C11H15NO. The zero-order valence-electron chi connectivity index (χ0n) is 8.32. The molecule has 1 aromatic carbocycles. The fraction of sp³-hybridized carbons (Fsp3) is 0.364. The molecule has 0 spiro atoms. The average Bonchev–Trinajstić information content (AvgIpc) is 2.17. The van der Waals surface area contributed by atoms with Gasteiger partial charge < -0.3 is 4.90 Å². The van der Waals surface area contributed by atoms with Crippen LogP contribution in [0.4, 0.5) is 5.69 Å². The number of Topliss-reactive ketones (excluding diaryl/α,β-unsaturated/α-hetero) is 1. The zero-order chi connectivity index (χ0) is 9.84. The van der Waals surface area contributed by atoms with Crippen molar-refractivity contribution in [1.29, 1.82) is 0 Å². The summed E-state index contributed by atoms with van der Waals surface area (Å²) in [6, 6.07) is 9.86. The molecular weight excluding hydrogens is 162 g/mol. The number of para-hydroxylation sites is 1. The second-order valence-electron chi connectivity index (χ2n) is 3.23. The maximum atomic E-state index is 11.1. The van der Waals surface area contributed by atoms with Gasteiger partial charge in [-0.15, -0.1) is 0 Å². The molecule has 0 heterocycles. The van der Waals surface area contributed by atoms with E-state index < -0.39 is 0 Å². The van der Waals surface area contributed by atoms with Gasteiger partial charge in [0.25, 0.3) is 0 Å². The molecule has 1 unspecified atom stereocenters. The summed E-state index contributed by atoms with van der Waals surface area (Å²) in [5.41, 5.74) is 1.07. The van der Waals surface area contributed by atoms with E-state index >= 15 is 0 Å². The molecule has 0 aliphatic heterocycles. The van der Waals surface area contributed by atoms with Crippen LogP contribution in [0.2, 0.25) is 0 Å². The van der Waals surface area contributed by atoms with Crippen LogP contribution in [0.5, 0.6) is 0 Å². The van der Waals surface area contributed by atoms with Gasteiger partial charge in [0, 0.05) is 12.7 Å². The molecule has 0 saturated carbocycles. The van der Waals surface area contributed by atoms with Crippen molar-refractivity contribution in [1.82, 2.24) is 0 Å². The molecule has 0 aromatic heterocycles. The predicted octanol–water partition coefficient (Wildman–Crippen LogP) is 2.10. The zero-order valence-corrected chi connectivity index (χ0v) is 8.32. The maximum Gasteiger partial charge on any atom is 0.151 e. The molecule has 1 atom stereocenters. The van der Waals surface area contributed by atoms with Crippen LogP contribution in [0.25, 0.3) is 0 Å². The quantitative estimate of drug-likeness (QED) is 0.704. The highest BCUT2D eigenvalue weighted by Gasteiger charge is 2.13. The van der Waals surface area contributed by atoms with Gasteiger partial charge in [0.1, 0.15) is 0 Å². The Hall–Kier alpha value is -1.31. The van der Waals surface area contributed by atoms with Crippen molar-refractivity contribution in [3.63, 3.8) is 0 Å². The largest absolute Gasteiger partial charge is 0.365 e. The van der Waals surface area contributed by atoms with Gasteiger partial charge in [-0.3, -0.25) is 4.79 Å². The Balaban J connectivity index is 2.79. The monoisotopic (exact) mass is 177 g/mol. The van der Waals surface area contributed by atoms with Crippen molar-refractivity contribution >= 4 is 11.5 Å². The van der Waals surface area contributed by atoms with E-state index in [1.807, 2.05) is 49.2 Å². The van der Waals surface area contributed by atoms with E-state index in [0.717, 1.165) is 5.69 Å². The van der Waals surface area contributed by atoms with E-state index in [-0.39, 0.29) is 11.8 Å². The molecule has 1 aromatic rings. The number of carbonyl (C=O) groups is 1. The number of anilines is 1. The van der Waals surface area contributed by atoms with Crippen LogP contribution in [-0.2, 0) is 4.79 Å². The molecule has 0 bridgehead atoms. The second kappa shape index (κ2) is 4.08. The van der Waals surface area contributed by atoms with Crippen LogP contribution in [0.3, 0.4) is 0 Å². The van der Waals surface area contributed by atoms with Crippen molar-refractivity contribution in [2.45, 2.75) is 19.9 Å². The number of hydrogen-bond acceptors (Lipinski definition) is 2. The Morgan fingerprint density at radius 3 is 2.31 bits per heavy atom. The highest BCUT2D eigenvalue weighted by molar-refractivity contribution is 5.84. The minimum Gasteiger partial charge on any atom is -0.365 e. The number of benzene rings is 1. The third kappa shape index (κ3) is 2.31. The van der Waals surface area contributed by atoms with Gasteiger partial charge in [-0.2, -0.15) is 0 Å². The summed E-state index contributed by atoms with van der Waals surface area (Å²) in [5, 5.41) is 0. The highest BCUT2D eigenvalue weighted by Crippen LogP contribution is 2.13. The third-order valence-corrected chi connectivity index (χ3v) is 2.33. The van der Waals surface area contributed by atoms with Gasteiger partial charge in [-0.05, 0) is 26.0 Å².